The van der Waals surface area contributed by atoms with Crippen molar-refractivity contribution in [3.8, 4) is 0 Å². The number of aromatic nitrogens is 1. The summed E-state index contributed by atoms with van der Waals surface area (Å²) in [5, 5.41) is 0. The summed E-state index contributed by atoms with van der Waals surface area (Å²) in [7, 11) is 0. The van der Waals surface area contributed by atoms with E-state index in [2.05, 4.69) is 20.9 Å². The summed E-state index contributed by atoms with van der Waals surface area (Å²) in [6, 6.07) is 10.5. The first-order valence-electron chi connectivity index (χ1n) is 6.53. The highest BCUT2D eigenvalue weighted by molar-refractivity contribution is 9.10. The predicted molar refractivity (Wildman–Crippen MR) is 81.9 cm³/mol. The number of carbonyl (C=O) groups is 2. The third kappa shape index (κ3) is 2.08. The van der Waals surface area contributed by atoms with E-state index in [1.54, 1.807) is 30.5 Å². The third-order valence-electron chi connectivity index (χ3n) is 3.71. The topological polar surface area (TPSA) is 50.3 Å². The summed E-state index contributed by atoms with van der Waals surface area (Å²) in [4.78, 5) is 30.7. The van der Waals surface area contributed by atoms with Crippen LogP contribution in [0.4, 0.5) is 0 Å². The minimum absolute atomic E-state index is 0.273. The van der Waals surface area contributed by atoms with Crippen molar-refractivity contribution in [2.24, 2.45) is 0 Å². The smallest absolute Gasteiger partial charge is 0.262 e. The van der Waals surface area contributed by atoms with Crippen LogP contribution in [0.25, 0.3) is 0 Å². The molecule has 0 spiro atoms. The van der Waals surface area contributed by atoms with E-state index in [1.165, 1.54) is 4.90 Å². The average Bonchev–Trinajstić information content (AvgIpc) is 2.72. The van der Waals surface area contributed by atoms with Gasteiger partial charge in [0, 0.05) is 10.7 Å². The van der Waals surface area contributed by atoms with Crippen LogP contribution in [0.3, 0.4) is 0 Å². The molecule has 21 heavy (non-hydrogen) atoms. The Kier molecular flexibility index (Phi) is 3.17. The lowest BCUT2D eigenvalue weighted by Gasteiger charge is -2.33. The van der Waals surface area contributed by atoms with Crippen LogP contribution in [0.15, 0.2) is 47.1 Å². The normalized spacial score (nSPS) is 14.5. The van der Waals surface area contributed by atoms with E-state index in [1.807, 2.05) is 26.0 Å². The number of amides is 2. The number of pyridine rings is 1. The van der Waals surface area contributed by atoms with Crippen molar-refractivity contribution in [3.63, 3.8) is 0 Å². The van der Waals surface area contributed by atoms with E-state index >= 15 is 0 Å². The SMILES string of the molecule is CC(C)(c1ccc(Br)cn1)N1C(=O)c2ccccc2C1=O. The molecule has 0 aliphatic carbocycles. The Balaban J connectivity index is 2.07. The minimum Gasteiger partial charge on any atom is -0.269 e. The molecule has 4 nitrogen and oxygen atoms in total. The number of benzene rings is 1. The Morgan fingerprint density at radius 2 is 1.57 bits per heavy atom. The minimum atomic E-state index is -0.812. The number of fused-ring (bicyclic) bond motifs is 1. The third-order valence-corrected chi connectivity index (χ3v) is 4.18. The van der Waals surface area contributed by atoms with Crippen LogP contribution in [0.2, 0.25) is 0 Å². The standard InChI is InChI=1S/C16H13BrN2O2/c1-16(2,13-8-7-10(17)9-18-13)19-14(20)11-5-3-4-6-12(11)15(19)21/h3-9H,1-2H3. The highest BCUT2D eigenvalue weighted by atomic mass is 79.9. The molecule has 0 unspecified atom stereocenters. The highest BCUT2D eigenvalue weighted by Gasteiger charge is 2.45. The first kappa shape index (κ1) is 13.9. The molecule has 1 aliphatic heterocycles. The van der Waals surface area contributed by atoms with Crippen LogP contribution in [0, 0.1) is 0 Å². The molecule has 0 bridgehead atoms. The molecule has 1 aromatic carbocycles. The van der Waals surface area contributed by atoms with Gasteiger partial charge >= 0.3 is 0 Å². The summed E-state index contributed by atoms with van der Waals surface area (Å²) in [5.41, 5.74) is 0.758. The molecule has 0 fully saturated rings. The van der Waals surface area contributed by atoms with Gasteiger partial charge in [-0.25, -0.2) is 0 Å². The number of carbonyl (C=O) groups excluding carboxylic acids is 2. The Morgan fingerprint density at radius 3 is 2.05 bits per heavy atom. The highest BCUT2D eigenvalue weighted by Crippen LogP contribution is 2.34. The van der Waals surface area contributed by atoms with Crippen molar-refractivity contribution in [2.75, 3.05) is 0 Å². The Hall–Kier alpha value is -2.01. The van der Waals surface area contributed by atoms with Gasteiger partial charge in [-0.2, -0.15) is 0 Å². The van der Waals surface area contributed by atoms with Crippen molar-refractivity contribution in [2.45, 2.75) is 19.4 Å². The van der Waals surface area contributed by atoms with Crippen molar-refractivity contribution in [1.82, 2.24) is 9.88 Å². The monoisotopic (exact) mass is 344 g/mol. The van der Waals surface area contributed by atoms with E-state index in [9.17, 15) is 9.59 Å². The lowest BCUT2D eigenvalue weighted by Crippen LogP contribution is -2.45. The van der Waals surface area contributed by atoms with E-state index < -0.39 is 5.54 Å². The molecule has 1 aliphatic rings. The second kappa shape index (κ2) is 4.77. The van der Waals surface area contributed by atoms with Gasteiger partial charge < -0.3 is 0 Å². The number of hydrogen-bond donors (Lipinski definition) is 0. The van der Waals surface area contributed by atoms with E-state index in [0.717, 1.165) is 4.47 Å². The zero-order chi connectivity index (χ0) is 15.2. The maximum Gasteiger partial charge on any atom is 0.262 e. The van der Waals surface area contributed by atoms with E-state index in [-0.39, 0.29) is 11.8 Å². The largest absolute Gasteiger partial charge is 0.269 e. The van der Waals surface area contributed by atoms with Gasteiger partial charge in [0.2, 0.25) is 0 Å². The van der Waals surface area contributed by atoms with Crippen molar-refractivity contribution >= 4 is 27.7 Å². The molecular formula is C16H13BrN2O2. The zero-order valence-electron chi connectivity index (χ0n) is 11.6. The first-order valence-corrected chi connectivity index (χ1v) is 7.32. The number of rotatable bonds is 2. The van der Waals surface area contributed by atoms with Crippen LogP contribution in [0.5, 0.6) is 0 Å². The lowest BCUT2D eigenvalue weighted by atomic mass is 9.97. The van der Waals surface area contributed by atoms with Crippen molar-refractivity contribution < 1.29 is 9.59 Å². The number of imide groups is 1. The lowest BCUT2D eigenvalue weighted by molar-refractivity contribution is 0.0468. The van der Waals surface area contributed by atoms with Gasteiger partial charge in [0.25, 0.3) is 11.8 Å². The molecule has 0 N–H and O–H groups in total. The van der Waals surface area contributed by atoms with Crippen LogP contribution >= 0.6 is 15.9 Å². The predicted octanol–water partition coefficient (Wildman–Crippen LogP) is 3.38. The van der Waals surface area contributed by atoms with Crippen molar-refractivity contribution in [1.29, 1.82) is 0 Å². The molecule has 2 aromatic rings. The molecule has 2 heterocycles. The Morgan fingerprint density at radius 1 is 1.00 bits per heavy atom. The summed E-state index contributed by atoms with van der Waals surface area (Å²) >= 11 is 3.33. The summed E-state index contributed by atoms with van der Waals surface area (Å²) in [6.45, 7) is 3.65. The summed E-state index contributed by atoms with van der Waals surface area (Å²) < 4.78 is 0.851. The van der Waals surface area contributed by atoms with Crippen LogP contribution in [-0.2, 0) is 5.54 Å². The van der Waals surface area contributed by atoms with Crippen molar-refractivity contribution in [3.05, 3.63) is 63.9 Å². The maximum atomic E-state index is 12.6. The quantitative estimate of drug-likeness (QED) is 0.784. The first-order chi connectivity index (χ1) is 9.93. The summed E-state index contributed by atoms with van der Waals surface area (Å²) in [6.07, 6.45) is 1.66. The molecular weight excluding hydrogens is 332 g/mol. The van der Waals surface area contributed by atoms with Gasteiger partial charge in [0.15, 0.2) is 0 Å². The molecule has 3 rings (SSSR count). The molecule has 2 amide bonds. The number of halogens is 1. The van der Waals surface area contributed by atoms with Gasteiger partial charge in [-0.1, -0.05) is 12.1 Å². The zero-order valence-corrected chi connectivity index (χ0v) is 13.2. The molecule has 0 saturated heterocycles. The van der Waals surface area contributed by atoms with Gasteiger partial charge in [-0.05, 0) is 54.0 Å². The Labute approximate surface area is 130 Å². The van der Waals surface area contributed by atoms with Crippen LogP contribution in [-0.4, -0.2) is 21.7 Å². The number of nitrogens with zero attached hydrogens (tertiary/aromatic N) is 2. The molecule has 5 heteroatoms. The van der Waals surface area contributed by atoms with Gasteiger partial charge in [0.1, 0.15) is 0 Å². The average molecular weight is 345 g/mol. The van der Waals surface area contributed by atoms with Gasteiger partial charge in [-0.15, -0.1) is 0 Å². The van der Waals surface area contributed by atoms with E-state index in [4.69, 9.17) is 0 Å². The number of hydrogen-bond acceptors (Lipinski definition) is 3. The fraction of sp³-hybridized carbons (Fsp3) is 0.188. The van der Waals surface area contributed by atoms with Crippen LogP contribution < -0.4 is 0 Å². The fourth-order valence-electron chi connectivity index (χ4n) is 2.55. The molecule has 0 saturated carbocycles. The summed E-state index contributed by atoms with van der Waals surface area (Å²) in [5.74, 6) is -0.546. The molecule has 0 radical (unpaired) electrons. The second-order valence-corrected chi connectivity index (χ2v) is 6.33. The van der Waals surface area contributed by atoms with Crippen LogP contribution in [0.1, 0.15) is 40.3 Å². The van der Waals surface area contributed by atoms with Gasteiger partial charge in [0.05, 0.1) is 22.4 Å². The fourth-order valence-corrected chi connectivity index (χ4v) is 2.78. The Bertz CT molecular complexity index is 703. The van der Waals surface area contributed by atoms with Gasteiger partial charge in [-0.3, -0.25) is 19.5 Å². The van der Waals surface area contributed by atoms with E-state index in [0.29, 0.717) is 16.8 Å². The molecule has 1 aromatic heterocycles. The maximum absolute atomic E-state index is 12.6. The molecule has 0 atom stereocenters. The second-order valence-electron chi connectivity index (χ2n) is 5.41. The molecule has 106 valence electrons.